The standard InChI is InChI=1S/C11H22N2O3/c1-8(14)6-13(2)11(15)12-10(7-16-3)9-4-5-9/h8-10,14H,4-7H2,1-3H3,(H,12,15). The van der Waals surface area contributed by atoms with Crippen molar-refractivity contribution in [1.82, 2.24) is 10.2 Å². The van der Waals surface area contributed by atoms with Crippen LogP contribution in [0.5, 0.6) is 0 Å². The van der Waals surface area contributed by atoms with E-state index in [0.717, 1.165) is 12.8 Å². The first kappa shape index (κ1) is 13.3. The first-order chi connectivity index (χ1) is 7.54. The molecule has 16 heavy (non-hydrogen) atoms. The quantitative estimate of drug-likeness (QED) is 0.695. The Morgan fingerprint density at radius 2 is 2.25 bits per heavy atom. The van der Waals surface area contributed by atoms with Crippen molar-refractivity contribution in [3.05, 3.63) is 0 Å². The summed E-state index contributed by atoms with van der Waals surface area (Å²) in [5.41, 5.74) is 0. The van der Waals surface area contributed by atoms with E-state index in [9.17, 15) is 9.90 Å². The smallest absolute Gasteiger partial charge is 0.317 e. The van der Waals surface area contributed by atoms with E-state index in [2.05, 4.69) is 5.32 Å². The molecule has 5 nitrogen and oxygen atoms in total. The van der Waals surface area contributed by atoms with Crippen molar-refractivity contribution in [1.29, 1.82) is 0 Å². The fourth-order valence-electron chi connectivity index (χ4n) is 1.72. The number of aliphatic hydroxyl groups excluding tert-OH is 1. The summed E-state index contributed by atoms with van der Waals surface area (Å²) in [4.78, 5) is 13.2. The molecule has 5 heteroatoms. The zero-order chi connectivity index (χ0) is 12.1. The largest absolute Gasteiger partial charge is 0.392 e. The fraction of sp³-hybridized carbons (Fsp3) is 0.909. The average molecular weight is 230 g/mol. The van der Waals surface area contributed by atoms with Crippen LogP contribution < -0.4 is 5.32 Å². The predicted octanol–water partition coefficient (Wildman–Crippen LogP) is 0.434. The zero-order valence-corrected chi connectivity index (χ0v) is 10.3. The highest BCUT2D eigenvalue weighted by Crippen LogP contribution is 2.32. The van der Waals surface area contributed by atoms with E-state index >= 15 is 0 Å². The number of rotatable bonds is 6. The van der Waals surface area contributed by atoms with Crippen molar-refractivity contribution in [3.63, 3.8) is 0 Å². The molecule has 0 aliphatic heterocycles. The number of nitrogens with one attached hydrogen (secondary N) is 1. The molecule has 0 heterocycles. The molecule has 1 saturated carbocycles. The molecule has 2 atom stereocenters. The lowest BCUT2D eigenvalue weighted by Crippen LogP contribution is -2.47. The monoisotopic (exact) mass is 230 g/mol. The number of carbonyl (C=O) groups is 1. The summed E-state index contributed by atoms with van der Waals surface area (Å²) >= 11 is 0. The van der Waals surface area contributed by atoms with Gasteiger partial charge >= 0.3 is 6.03 Å². The Hall–Kier alpha value is -0.810. The minimum absolute atomic E-state index is 0.106. The average Bonchev–Trinajstić information content (AvgIpc) is 2.99. The molecular weight excluding hydrogens is 208 g/mol. The lowest BCUT2D eigenvalue weighted by Gasteiger charge is -2.24. The molecule has 0 aromatic rings. The van der Waals surface area contributed by atoms with Crippen LogP contribution in [0.4, 0.5) is 4.79 Å². The maximum atomic E-state index is 11.7. The minimum atomic E-state index is -0.502. The van der Waals surface area contributed by atoms with Gasteiger partial charge in [-0.25, -0.2) is 4.79 Å². The first-order valence-electron chi connectivity index (χ1n) is 5.73. The van der Waals surface area contributed by atoms with E-state index in [-0.39, 0.29) is 12.1 Å². The molecule has 1 fully saturated rings. The summed E-state index contributed by atoms with van der Waals surface area (Å²) in [6, 6.07) is -0.0381. The molecule has 0 bridgehead atoms. The topological polar surface area (TPSA) is 61.8 Å². The van der Waals surface area contributed by atoms with Crippen LogP contribution in [0.15, 0.2) is 0 Å². The van der Waals surface area contributed by atoms with Gasteiger partial charge in [0.25, 0.3) is 0 Å². The zero-order valence-electron chi connectivity index (χ0n) is 10.3. The van der Waals surface area contributed by atoms with E-state index in [1.807, 2.05) is 0 Å². The Kier molecular flexibility index (Phi) is 5.02. The molecule has 0 spiro atoms. The number of methoxy groups -OCH3 is 1. The minimum Gasteiger partial charge on any atom is -0.392 e. The predicted molar refractivity (Wildman–Crippen MR) is 61.2 cm³/mol. The van der Waals surface area contributed by atoms with E-state index in [4.69, 9.17) is 4.74 Å². The van der Waals surface area contributed by atoms with Crippen molar-refractivity contribution >= 4 is 6.03 Å². The second kappa shape index (κ2) is 6.06. The molecule has 2 unspecified atom stereocenters. The SMILES string of the molecule is COCC(NC(=O)N(C)CC(C)O)C1CC1. The highest BCUT2D eigenvalue weighted by atomic mass is 16.5. The molecule has 0 saturated heterocycles. The van der Waals surface area contributed by atoms with Crippen LogP contribution in [0, 0.1) is 5.92 Å². The van der Waals surface area contributed by atoms with Crippen LogP contribution in [0.1, 0.15) is 19.8 Å². The molecule has 94 valence electrons. The normalized spacial score (nSPS) is 19.0. The van der Waals surface area contributed by atoms with Crippen LogP contribution >= 0.6 is 0 Å². The van der Waals surface area contributed by atoms with Crippen LogP contribution in [0.25, 0.3) is 0 Å². The Morgan fingerprint density at radius 1 is 1.62 bits per heavy atom. The maximum Gasteiger partial charge on any atom is 0.317 e. The van der Waals surface area contributed by atoms with Gasteiger partial charge in [0.1, 0.15) is 0 Å². The molecular formula is C11H22N2O3. The number of urea groups is 1. The fourth-order valence-corrected chi connectivity index (χ4v) is 1.72. The summed E-state index contributed by atoms with van der Waals surface area (Å²) < 4.78 is 5.08. The number of hydrogen-bond donors (Lipinski definition) is 2. The molecule has 2 N–H and O–H groups in total. The van der Waals surface area contributed by atoms with Gasteiger partial charge in [0.05, 0.1) is 18.8 Å². The van der Waals surface area contributed by atoms with Gasteiger partial charge in [-0.15, -0.1) is 0 Å². The third kappa shape index (κ3) is 4.37. The van der Waals surface area contributed by atoms with Gasteiger partial charge < -0.3 is 20.1 Å². The number of hydrogen-bond acceptors (Lipinski definition) is 3. The van der Waals surface area contributed by atoms with Crippen LogP contribution in [0.2, 0.25) is 0 Å². The number of nitrogens with zero attached hydrogens (tertiary/aromatic N) is 1. The van der Waals surface area contributed by atoms with Crippen LogP contribution in [-0.2, 0) is 4.74 Å². The number of aliphatic hydroxyl groups is 1. The number of amides is 2. The molecule has 0 aromatic heterocycles. The molecule has 1 aliphatic rings. The summed E-state index contributed by atoms with van der Waals surface area (Å²) in [6.45, 7) is 2.56. The molecule has 2 amide bonds. The second-order valence-corrected chi connectivity index (χ2v) is 4.58. The number of likely N-dealkylation sites (N-methyl/N-ethyl adjacent to an activating group) is 1. The van der Waals surface area contributed by atoms with Crippen LogP contribution in [0.3, 0.4) is 0 Å². The summed E-state index contributed by atoms with van der Waals surface area (Å²) in [6.07, 6.45) is 1.82. The van der Waals surface area contributed by atoms with Gasteiger partial charge in [-0.2, -0.15) is 0 Å². The van der Waals surface area contributed by atoms with Gasteiger partial charge in [-0.3, -0.25) is 0 Å². The van der Waals surface area contributed by atoms with E-state index < -0.39 is 6.10 Å². The summed E-state index contributed by atoms with van der Waals surface area (Å²) in [5.74, 6) is 0.559. The Morgan fingerprint density at radius 3 is 2.69 bits per heavy atom. The third-order valence-corrected chi connectivity index (χ3v) is 2.73. The highest BCUT2D eigenvalue weighted by molar-refractivity contribution is 5.74. The van der Waals surface area contributed by atoms with Crippen LogP contribution in [-0.4, -0.2) is 55.5 Å². The van der Waals surface area contributed by atoms with Crippen molar-refractivity contribution in [2.45, 2.75) is 31.9 Å². The van der Waals surface area contributed by atoms with Gasteiger partial charge in [-0.1, -0.05) is 0 Å². The summed E-state index contributed by atoms with van der Waals surface area (Å²) in [5, 5.41) is 12.1. The van der Waals surface area contributed by atoms with Crippen molar-refractivity contribution in [2.24, 2.45) is 5.92 Å². The lowest BCUT2D eigenvalue weighted by atomic mass is 10.2. The lowest BCUT2D eigenvalue weighted by molar-refractivity contribution is 0.130. The highest BCUT2D eigenvalue weighted by Gasteiger charge is 2.32. The Labute approximate surface area is 96.8 Å². The summed E-state index contributed by atoms with van der Waals surface area (Å²) in [7, 11) is 3.32. The maximum absolute atomic E-state index is 11.7. The van der Waals surface area contributed by atoms with Crippen molar-refractivity contribution in [3.8, 4) is 0 Å². The molecule has 1 rings (SSSR count). The Bertz CT molecular complexity index is 229. The number of carbonyl (C=O) groups excluding carboxylic acids is 1. The van der Waals surface area contributed by atoms with E-state index in [1.165, 1.54) is 4.90 Å². The second-order valence-electron chi connectivity index (χ2n) is 4.58. The van der Waals surface area contributed by atoms with Gasteiger partial charge in [-0.05, 0) is 25.7 Å². The van der Waals surface area contributed by atoms with Crippen molar-refractivity contribution < 1.29 is 14.6 Å². The Balaban J connectivity index is 2.35. The first-order valence-corrected chi connectivity index (χ1v) is 5.73. The molecule has 1 aliphatic carbocycles. The number of ether oxygens (including phenoxy) is 1. The van der Waals surface area contributed by atoms with Crippen molar-refractivity contribution in [2.75, 3.05) is 27.3 Å². The third-order valence-electron chi connectivity index (χ3n) is 2.73. The van der Waals surface area contributed by atoms with Gasteiger partial charge in [0, 0.05) is 20.7 Å². The van der Waals surface area contributed by atoms with Gasteiger partial charge in [0.2, 0.25) is 0 Å². The molecule has 0 aromatic carbocycles. The van der Waals surface area contributed by atoms with E-state index in [1.54, 1.807) is 21.1 Å². The van der Waals surface area contributed by atoms with E-state index in [0.29, 0.717) is 19.1 Å². The van der Waals surface area contributed by atoms with Gasteiger partial charge in [0.15, 0.2) is 0 Å². The molecule has 0 radical (unpaired) electrons.